The minimum absolute atomic E-state index is 0.0554. The summed E-state index contributed by atoms with van der Waals surface area (Å²) in [4.78, 5) is 11.4. The highest BCUT2D eigenvalue weighted by Gasteiger charge is 2.22. The zero-order chi connectivity index (χ0) is 12.4. The van der Waals surface area contributed by atoms with Gasteiger partial charge in [0.2, 0.25) is 0 Å². The predicted octanol–water partition coefficient (Wildman–Crippen LogP) is 1.57. The van der Waals surface area contributed by atoms with Crippen molar-refractivity contribution >= 4 is 16.9 Å². The van der Waals surface area contributed by atoms with Crippen LogP contribution in [0.5, 0.6) is 0 Å². The molecule has 3 N–H and O–H groups in total. The molecule has 1 aliphatic rings. The molecule has 1 aromatic heterocycles. The van der Waals surface area contributed by atoms with Gasteiger partial charge in [-0.15, -0.1) is 0 Å². The molecule has 2 aromatic rings. The number of aromatic nitrogens is 2. The number of fused-ring (bicyclic) bond motifs is 1. The number of hydrogen-bond acceptors (Lipinski definition) is 2. The van der Waals surface area contributed by atoms with E-state index < -0.39 is 0 Å². The summed E-state index contributed by atoms with van der Waals surface area (Å²) in [6, 6.07) is 6.53. The summed E-state index contributed by atoms with van der Waals surface area (Å²) >= 11 is 0. The molecule has 0 aliphatic heterocycles. The number of H-pyrrole nitrogens is 1. The molecule has 5 heteroatoms. The van der Waals surface area contributed by atoms with Crippen LogP contribution in [0.2, 0.25) is 0 Å². The van der Waals surface area contributed by atoms with E-state index in [2.05, 4.69) is 33.0 Å². The lowest BCUT2D eigenvalue weighted by Gasteiger charge is -2.06. The van der Waals surface area contributed by atoms with Gasteiger partial charge in [-0.05, 0) is 30.9 Å². The average molecular weight is 244 g/mol. The molecule has 1 heterocycles. The number of rotatable bonds is 4. The van der Waals surface area contributed by atoms with E-state index in [0.29, 0.717) is 12.6 Å². The van der Waals surface area contributed by atoms with Gasteiger partial charge in [-0.3, -0.25) is 5.10 Å². The second-order valence-corrected chi connectivity index (χ2v) is 4.72. The Labute approximate surface area is 105 Å². The van der Waals surface area contributed by atoms with Gasteiger partial charge in [0.25, 0.3) is 0 Å². The Kier molecular flexibility index (Phi) is 2.88. The summed E-state index contributed by atoms with van der Waals surface area (Å²) in [5, 5.41) is 13.8. The number of carbonyl (C=O) groups is 1. The molecule has 0 spiro atoms. The smallest absolute Gasteiger partial charge is 0.315 e. The predicted molar refractivity (Wildman–Crippen MR) is 69.4 cm³/mol. The van der Waals surface area contributed by atoms with E-state index in [-0.39, 0.29) is 6.03 Å². The number of nitrogens with zero attached hydrogens (tertiary/aromatic N) is 1. The van der Waals surface area contributed by atoms with Gasteiger partial charge in [0.15, 0.2) is 0 Å². The fourth-order valence-corrected chi connectivity index (χ4v) is 1.92. The number of amides is 2. The lowest BCUT2D eigenvalue weighted by atomic mass is 10.1. The van der Waals surface area contributed by atoms with Crippen molar-refractivity contribution in [1.29, 1.82) is 0 Å². The number of carbonyl (C=O) groups excluding carboxylic acids is 1. The van der Waals surface area contributed by atoms with Crippen molar-refractivity contribution in [2.45, 2.75) is 25.3 Å². The first kappa shape index (κ1) is 11.1. The SMILES string of the molecule is O=C(NCCc1ccc2cn[nH]c2c1)NC1CC1. The van der Waals surface area contributed by atoms with E-state index in [1.165, 1.54) is 5.56 Å². The normalized spacial score (nSPS) is 14.7. The molecule has 1 aliphatic carbocycles. The minimum atomic E-state index is -0.0554. The van der Waals surface area contributed by atoms with Crippen molar-refractivity contribution in [3.8, 4) is 0 Å². The van der Waals surface area contributed by atoms with Crippen LogP contribution in [0.1, 0.15) is 18.4 Å². The molecule has 0 bridgehead atoms. The van der Waals surface area contributed by atoms with Gasteiger partial charge in [0.05, 0.1) is 11.7 Å². The Balaban J connectivity index is 1.50. The highest BCUT2D eigenvalue weighted by molar-refractivity contribution is 5.78. The Bertz CT molecular complexity index is 559. The van der Waals surface area contributed by atoms with Crippen LogP contribution in [-0.4, -0.2) is 28.8 Å². The largest absolute Gasteiger partial charge is 0.338 e. The summed E-state index contributed by atoms with van der Waals surface area (Å²) in [5.41, 5.74) is 2.23. The lowest BCUT2D eigenvalue weighted by Crippen LogP contribution is -2.37. The number of aromatic amines is 1. The maximum Gasteiger partial charge on any atom is 0.315 e. The van der Waals surface area contributed by atoms with Crippen molar-refractivity contribution in [2.24, 2.45) is 0 Å². The van der Waals surface area contributed by atoms with Crippen LogP contribution in [0, 0.1) is 0 Å². The Hall–Kier alpha value is -2.04. The molecule has 3 rings (SSSR count). The van der Waals surface area contributed by atoms with Crippen LogP contribution in [0.3, 0.4) is 0 Å². The molecule has 1 saturated carbocycles. The van der Waals surface area contributed by atoms with Gasteiger partial charge in [0, 0.05) is 18.0 Å². The summed E-state index contributed by atoms with van der Waals surface area (Å²) in [5.74, 6) is 0. The number of benzene rings is 1. The van der Waals surface area contributed by atoms with Crippen molar-refractivity contribution in [1.82, 2.24) is 20.8 Å². The standard InChI is InChI=1S/C13H16N4O/c18-13(16-11-3-4-11)14-6-5-9-1-2-10-8-15-17-12(10)7-9/h1-2,7-8,11H,3-6H2,(H,15,17)(H2,14,16,18). The van der Waals surface area contributed by atoms with Crippen LogP contribution < -0.4 is 10.6 Å². The van der Waals surface area contributed by atoms with E-state index in [9.17, 15) is 4.79 Å². The van der Waals surface area contributed by atoms with Crippen LogP contribution >= 0.6 is 0 Å². The molecule has 18 heavy (non-hydrogen) atoms. The Morgan fingerprint density at radius 3 is 3.17 bits per heavy atom. The molecule has 2 amide bonds. The molecule has 0 atom stereocenters. The average Bonchev–Trinajstić information content (AvgIpc) is 3.05. The fourth-order valence-electron chi connectivity index (χ4n) is 1.92. The van der Waals surface area contributed by atoms with Gasteiger partial charge in [-0.1, -0.05) is 12.1 Å². The van der Waals surface area contributed by atoms with Crippen molar-refractivity contribution < 1.29 is 4.79 Å². The summed E-state index contributed by atoms with van der Waals surface area (Å²) in [7, 11) is 0. The van der Waals surface area contributed by atoms with Crippen molar-refractivity contribution in [3.05, 3.63) is 30.0 Å². The second-order valence-electron chi connectivity index (χ2n) is 4.72. The third-order valence-corrected chi connectivity index (χ3v) is 3.12. The first-order chi connectivity index (χ1) is 8.81. The lowest BCUT2D eigenvalue weighted by molar-refractivity contribution is 0.240. The minimum Gasteiger partial charge on any atom is -0.338 e. The van der Waals surface area contributed by atoms with Gasteiger partial charge in [-0.2, -0.15) is 5.10 Å². The highest BCUT2D eigenvalue weighted by Crippen LogP contribution is 2.18. The van der Waals surface area contributed by atoms with E-state index >= 15 is 0 Å². The Morgan fingerprint density at radius 1 is 1.44 bits per heavy atom. The Morgan fingerprint density at radius 2 is 2.33 bits per heavy atom. The molecule has 0 unspecified atom stereocenters. The summed E-state index contributed by atoms with van der Waals surface area (Å²) in [6.45, 7) is 0.651. The number of nitrogens with one attached hydrogen (secondary N) is 3. The third kappa shape index (κ3) is 2.61. The molecule has 0 saturated heterocycles. The maximum absolute atomic E-state index is 11.4. The zero-order valence-corrected chi connectivity index (χ0v) is 10.1. The van der Waals surface area contributed by atoms with Crippen LogP contribution in [-0.2, 0) is 6.42 Å². The van der Waals surface area contributed by atoms with Crippen molar-refractivity contribution in [3.63, 3.8) is 0 Å². The van der Waals surface area contributed by atoms with E-state index in [1.807, 2.05) is 6.07 Å². The number of hydrogen-bond donors (Lipinski definition) is 3. The molecular formula is C13H16N4O. The van der Waals surface area contributed by atoms with Gasteiger partial charge in [0.1, 0.15) is 0 Å². The van der Waals surface area contributed by atoms with E-state index in [0.717, 1.165) is 30.2 Å². The molecule has 1 aromatic carbocycles. The topological polar surface area (TPSA) is 69.8 Å². The molecule has 94 valence electrons. The maximum atomic E-state index is 11.4. The fraction of sp³-hybridized carbons (Fsp3) is 0.385. The van der Waals surface area contributed by atoms with Gasteiger partial charge in [-0.25, -0.2) is 4.79 Å². The molecule has 5 nitrogen and oxygen atoms in total. The first-order valence-electron chi connectivity index (χ1n) is 6.27. The molecular weight excluding hydrogens is 228 g/mol. The van der Waals surface area contributed by atoms with Crippen LogP contribution in [0.25, 0.3) is 10.9 Å². The van der Waals surface area contributed by atoms with Crippen molar-refractivity contribution in [2.75, 3.05) is 6.54 Å². The van der Waals surface area contributed by atoms with Crippen LogP contribution in [0.15, 0.2) is 24.4 Å². The second kappa shape index (κ2) is 4.68. The van der Waals surface area contributed by atoms with Gasteiger partial charge >= 0.3 is 6.03 Å². The highest BCUT2D eigenvalue weighted by atomic mass is 16.2. The summed E-state index contributed by atoms with van der Waals surface area (Å²) < 4.78 is 0. The zero-order valence-electron chi connectivity index (χ0n) is 10.1. The first-order valence-corrected chi connectivity index (χ1v) is 6.27. The van der Waals surface area contributed by atoms with E-state index in [1.54, 1.807) is 6.20 Å². The third-order valence-electron chi connectivity index (χ3n) is 3.12. The van der Waals surface area contributed by atoms with E-state index in [4.69, 9.17) is 0 Å². The quantitative estimate of drug-likeness (QED) is 0.764. The van der Waals surface area contributed by atoms with Crippen LogP contribution in [0.4, 0.5) is 4.79 Å². The molecule has 0 radical (unpaired) electrons. The monoisotopic (exact) mass is 244 g/mol. The van der Waals surface area contributed by atoms with Gasteiger partial charge < -0.3 is 10.6 Å². The number of urea groups is 1. The summed E-state index contributed by atoms with van der Waals surface area (Å²) in [6.07, 6.45) is 4.86. The molecule has 1 fully saturated rings.